The molecule has 1 fully saturated rings. The van der Waals surface area contributed by atoms with Crippen LogP contribution in [0.3, 0.4) is 0 Å². The Balaban J connectivity index is 0.00000341. The van der Waals surface area contributed by atoms with Crippen LogP contribution in [0.25, 0.3) is 11.5 Å². The smallest absolute Gasteiger partial charge is 0.401 e. The molecule has 0 aliphatic carbocycles. The molecule has 1 atom stereocenters. The van der Waals surface area contributed by atoms with E-state index in [1.165, 1.54) is 10.5 Å². The molecule has 3 rings (SSSR count). The van der Waals surface area contributed by atoms with E-state index in [0.717, 1.165) is 12.0 Å². The summed E-state index contributed by atoms with van der Waals surface area (Å²) >= 11 is 0. The zero-order valence-corrected chi connectivity index (χ0v) is 20.0. The fourth-order valence-electron chi connectivity index (χ4n) is 3.43. The summed E-state index contributed by atoms with van der Waals surface area (Å²) < 4.78 is 43.2. The number of aromatic nitrogens is 1. The quantitative estimate of drug-likeness (QED) is 0.307. The number of likely N-dealkylation sites (tertiary alicyclic amines) is 1. The maximum absolute atomic E-state index is 12.5. The highest BCUT2D eigenvalue weighted by atomic mass is 127. The van der Waals surface area contributed by atoms with Crippen molar-refractivity contribution in [1.29, 1.82) is 0 Å². The van der Waals surface area contributed by atoms with Gasteiger partial charge in [0.15, 0.2) is 5.96 Å². The average Bonchev–Trinajstić information content (AvgIpc) is 3.33. The number of benzene rings is 1. The van der Waals surface area contributed by atoms with Crippen molar-refractivity contribution >= 4 is 29.9 Å². The molecule has 2 aromatic rings. The SMILES string of the molecule is CCNC(=NCc1coc(-c2ccc(C)cc2)n1)NCC1CCN(CC(F)(F)F)C1.I. The lowest BCUT2D eigenvalue weighted by molar-refractivity contribution is -0.143. The van der Waals surface area contributed by atoms with E-state index >= 15 is 0 Å². The number of aliphatic imine (C=N–C) groups is 1. The van der Waals surface area contributed by atoms with E-state index in [2.05, 4.69) is 20.6 Å². The number of guanidine groups is 1. The molecule has 1 aliphatic rings. The van der Waals surface area contributed by atoms with Crippen molar-refractivity contribution < 1.29 is 17.6 Å². The van der Waals surface area contributed by atoms with Gasteiger partial charge in [-0.25, -0.2) is 9.98 Å². The van der Waals surface area contributed by atoms with Gasteiger partial charge < -0.3 is 15.1 Å². The fourth-order valence-corrected chi connectivity index (χ4v) is 3.43. The third-order valence-electron chi connectivity index (χ3n) is 4.92. The topological polar surface area (TPSA) is 65.7 Å². The number of aryl methyl sites for hydroxylation is 1. The minimum absolute atomic E-state index is 0. The van der Waals surface area contributed by atoms with Crippen molar-refractivity contribution in [2.24, 2.45) is 10.9 Å². The zero-order chi connectivity index (χ0) is 21.6. The predicted octanol–water partition coefficient (Wildman–Crippen LogP) is 4.21. The Kier molecular flexibility index (Phi) is 9.60. The normalized spacial score (nSPS) is 17.5. The van der Waals surface area contributed by atoms with Gasteiger partial charge in [-0.1, -0.05) is 17.7 Å². The molecular formula is C21H29F3IN5O. The van der Waals surface area contributed by atoms with E-state index < -0.39 is 12.7 Å². The molecule has 2 heterocycles. The fraction of sp³-hybridized carbons (Fsp3) is 0.524. The van der Waals surface area contributed by atoms with E-state index in [1.54, 1.807) is 6.26 Å². The van der Waals surface area contributed by atoms with Crippen molar-refractivity contribution in [2.45, 2.75) is 33.0 Å². The number of hydrogen-bond donors (Lipinski definition) is 2. The highest BCUT2D eigenvalue weighted by Crippen LogP contribution is 2.22. The monoisotopic (exact) mass is 551 g/mol. The predicted molar refractivity (Wildman–Crippen MR) is 126 cm³/mol. The van der Waals surface area contributed by atoms with E-state index in [4.69, 9.17) is 4.42 Å². The molecular weight excluding hydrogens is 522 g/mol. The molecule has 0 bridgehead atoms. The Morgan fingerprint density at radius 1 is 1.26 bits per heavy atom. The van der Waals surface area contributed by atoms with E-state index in [0.29, 0.717) is 50.3 Å². The first-order valence-electron chi connectivity index (χ1n) is 10.1. The van der Waals surface area contributed by atoms with Gasteiger partial charge in [0.25, 0.3) is 0 Å². The summed E-state index contributed by atoms with van der Waals surface area (Å²) in [4.78, 5) is 10.5. The molecule has 0 saturated carbocycles. The molecule has 1 aromatic carbocycles. The maximum Gasteiger partial charge on any atom is 0.401 e. The Morgan fingerprint density at radius 2 is 2.00 bits per heavy atom. The van der Waals surface area contributed by atoms with E-state index in [1.807, 2.05) is 38.1 Å². The largest absolute Gasteiger partial charge is 0.444 e. The summed E-state index contributed by atoms with van der Waals surface area (Å²) in [6.45, 7) is 5.66. The van der Waals surface area contributed by atoms with Gasteiger partial charge in [0.2, 0.25) is 5.89 Å². The summed E-state index contributed by atoms with van der Waals surface area (Å²) in [5, 5.41) is 6.39. The molecule has 2 N–H and O–H groups in total. The number of nitrogens with zero attached hydrogens (tertiary/aromatic N) is 3. The molecule has 1 aromatic heterocycles. The number of rotatable bonds is 7. The van der Waals surface area contributed by atoms with Crippen LogP contribution in [0, 0.1) is 12.8 Å². The van der Waals surface area contributed by atoms with Crippen molar-refractivity contribution in [2.75, 3.05) is 32.7 Å². The number of halogens is 4. The third-order valence-corrected chi connectivity index (χ3v) is 4.92. The molecule has 1 unspecified atom stereocenters. The van der Waals surface area contributed by atoms with Crippen LogP contribution in [-0.4, -0.2) is 54.7 Å². The van der Waals surface area contributed by atoms with Gasteiger partial charge in [-0.15, -0.1) is 24.0 Å². The van der Waals surface area contributed by atoms with Gasteiger partial charge in [0.05, 0.1) is 13.1 Å². The van der Waals surface area contributed by atoms with Crippen LogP contribution in [0.5, 0.6) is 0 Å². The van der Waals surface area contributed by atoms with Crippen molar-refractivity contribution in [3.05, 3.63) is 41.8 Å². The highest BCUT2D eigenvalue weighted by Gasteiger charge is 2.34. The van der Waals surface area contributed by atoms with E-state index in [9.17, 15) is 13.2 Å². The molecule has 172 valence electrons. The number of nitrogens with one attached hydrogen (secondary N) is 2. The van der Waals surface area contributed by atoms with Crippen LogP contribution < -0.4 is 10.6 Å². The molecule has 1 aliphatic heterocycles. The Hall–Kier alpha value is -1.82. The molecule has 0 amide bonds. The van der Waals surface area contributed by atoms with Gasteiger partial charge in [-0.05, 0) is 44.9 Å². The van der Waals surface area contributed by atoms with Crippen molar-refractivity contribution in [3.63, 3.8) is 0 Å². The summed E-state index contributed by atoms with van der Waals surface area (Å²) in [7, 11) is 0. The van der Waals surface area contributed by atoms with Gasteiger partial charge in [0.1, 0.15) is 12.0 Å². The highest BCUT2D eigenvalue weighted by molar-refractivity contribution is 14.0. The second-order valence-corrected chi connectivity index (χ2v) is 7.59. The minimum Gasteiger partial charge on any atom is -0.444 e. The first-order valence-corrected chi connectivity index (χ1v) is 10.1. The van der Waals surface area contributed by atoms with Crippen LogP contribution in [0.1, 0.15) is 24.6 Å². The van der Waals surface area contributed by atoms with Crippen LogP contribution in [0.2, 0.25) is 0 Å². The summed E-state index contributed by atoms with van der Waals surface area (Å²) in [6.07, 6.45) is -1.81. The lowest BCUT2D eigenvalue weighted by Crippen LogP contribution is -2.40. The number of oxazole rings is 1. The van der Waals surface area contributed by atoms with Crippen molar-refractivity contribution in [3.8, 4) is 11.5 Å². The van der Waals surface area contributed by atoms with Gasteiger partial charge in [0, 0.05) is 25.2 Å². The summed E-state index contributed by atoms with van der Waals surface area (Å²) in [5.74, 6) is 1.33. The first kappa shape index (κ1) is 25.4. The minimum atomic E-state index is -4.15. The lowest BCUT2D eigenvalue weighted by Gasteiger charge is -2.18. The average molecular weight is 551 g/mol. The number of hydrogen-bond acceptors (Lipinski definition) is 4. The van der Waals surface area contributed by atoms with Crippen molar-refractivity contribution in [1.82, 2.24) is 20.5 Å². The maximum atomic E-state index is 12.5. The molecule has 10 heteroatoms. The lowest BCUT2D eigenvalue weighted by atomic mass is 10.1. The van der Waals surface area contributed by atoms with E-state index in [-0.39, 0.29) is 29.9 Å². The zero-order valence-electron chi connectivity index (χ0n) is 17.7. The van der Waals surface area contributed by atoms with Gasteiger partial charge in [-0.2, -0.15) is 13.2 Å². The summed E-state index contributed by atoms with van der Waals surface area (Å²) in [5.41, 5.74) is 2.78. The second kappa shape index (κ2) is 11.7. The number of alkyl halides is 3. The Bertz CT molecular complexity index is 838. The van der Waals surface area contributed by atoms with Crippen LogP contribution in [-0.2, 0) is 6.54 Å². The molecule has 0 radical (unpaired) electrons. The first-order chi connectivity index (χ1) is 14.3. The van der Waals surface area contributed by atoms with Gasteiger partial charge >= 0.3 is 6.18 Å². The molecule has 31 heavy (non-hydrogen) atoms. The van der Waals surface area contributed by atoms with Crippen LogP contribution in [0.4, 0.5) is 13.2 Å². The Morgan fingerprint density at radius 3 is 2.68 bits per heavy atom. The van der Waals surface area contributed by atoms with Gasteiger partial charge in [-0.3, -0.25) is 4.90 Å². The second-order valence-electron chi connectivity index (χ2n) is 7.59. The molecule has 6 nitrogen and oxygen atoms in total. The Labute approximate surface area is 197 Å². The molecule has 1 saturated heterocycles. The van der Waals surface area contributed by atoms with Crippen LogP contribution >= 0.6 is 24.0 Å². The van der Waals surface area contributed by atoms with Crippen LogP contribution in [0.15, 0.2) is 39.9 Å². The standard InChI is InChI=1S/C21H28F3N5O.HI/c1-3-25-20(26-10-16-8-9-29(12-16)14-21(22,23)24)27-11-18-13-30-19(28-18)17-6-4-15(2)5-7-17;/h4-7,13,16H,3,8-12,14H2,1-2H3,(H2,25,26,27);1H. The summed E-state index contributed by atoms with van der Waals surface area (Å²) in [6, 6.07) is 7.93. The third kappa shape index (κ3) is 8.32. The molecule has 0 spiro atoms.